The zero-order valence-electron chi connectivity index (χ0n) is 21.4. The van der Waals surface area contributed by atoms with Crippen LogP contribution in [-0.2, 0) is 23.9 Å². The third-order valence-electron chi connectivity index (χ3n) is 9.95. The minimum absolute atomic E-state index is 0.00469. The molecule has 3 saturated carbocycles. The van der Waals surface area contributed by atoms with Crippen molar-refractivity contribution in [2.75, 3.05) is 0 Å². The van der Waals surface area contributed by atoms with E-state index in [2.05, 4.69) is 25.8 Å². The first-order valence-electron chi connectivity index (χ1n) is 12.8. The number of nitrogens with zero attached hydrogens (tertiary/aromatic N) is 1. The van der Waals surface area contributed by atoms with Crippen LogP contribution in [-0.4, -0.2) is 39.9 Å². The highest BCUT2D eigenvalue weighted by molar-refractivity contribution is 6.42. The molecule has 0 aromatic heterocycles. The van der Waals surface area contributed by atoms with Gasteiger partial charge in [-0.2, -0.15) is 0 Å². The molecule has 7 heteroatoms. The number of aliphatic imine (C=N–C) groups is 1. The van der Waals surface area contributed by atoms with Crippen molar-refractivity contribution in [3.05, 3.63) is 23.9 Å². The Kier molecular flexibility index (Phi) is 6.43. The Morgan fingerprint density at radius 1 is 1.09 bits per heavy atom. The summed E-state index contributed by atoms with van der Waals surface area (Å²) >= 11 is 0. The molecule has 7 nitrogen and oxygen atoms in total. The molecule has 0 spiro atoms. The third kappa shape index (κ3) is 3.91. The van der Waals surface area contributed by atoms with E-state index in [1.54, 1.807) is 6.92 Å². The average molecular weight is 484 g/mol. The second-order valence-corrected chi connectivity index (χ2v) is 11.6. The van der Waals surface area contributed by atoms with Gasteiger partial charge in [0.1, 0.15) is 5.71 Å². The summed E-state index contributed by atoms with van der Waals surface area (Å²) in [6.07, 6.45) is 11.1. The molecular weight excluding hydrogens is 446 g/mol. The number of carbonyl (C=O) groups excluding carboxylic acids is 3. The van der Waals surface area contributed by atoms with E-state index >= 15 is 0 Å². The van der Waals surface area contributed by atoms with E-state index in [4.69, 9.17) is 9.84 Å². The second kappa shape index (κ2) is 8.82. The number of Topliss-reactive ketones (excluding diaryl/α,β-unsaturated/α-hetero) is 1. The fourth-order valence-electron chi connectivity index (χ4n) is 8.32. The van der Waals surface area contributed by atoms with Gasteiger partial charge in [0.15, 0.2) is 17.2 Å². The molecule has 3 fully saturated rings. The molecule has 4 aliphatic carbocycles. The van der Waals surface area contributed by atoms with E-state index < -0.39 is 11.6 Å². The van der Waals surface area contributed by atoms with Crippen LogP contribution in [0.5, 0.6) is 0 Å². The van der Waals surface area contributed by atoms with Crippen molar-refractivity contribution >= 4 is 29.2 Å². The Morgan fingerprint density at radius 2 is 1.74 bits per heavy atom. The van der Waals surface area contributed by atoms with E-state index in [0.29, 0.717) is 36.5 Å². The number of aliphatic carboxylic acids is 1. The van der Waals surface area contributed by atoms with E-state index in [-0.39, 0.29) is 34.1 Å². The highest BCUT2D eigenvalue weighted by Gasteiger charge is 2.68. The van der Waals surface area contributed by atoms with Crippen LogP contribution < -0.4 is 0 Å². The highest BCUT2D eigenvalue weighted by atomic mass is 16.6. The molecule has 0 saturated heterocycles. The zero-order valence-corrected chi connectivity index (χ0v) is 21.4. The van der Waals surface area contributed by atoms with E-state index in [1.165, 1.54) is 24.8 Å². The quantitative estimate of drug-likeness (QED) is 0.583. The van der Waals surface area contributed by atoms with E-state index in [9.17, 15) is 19.2 Å². The number of allylic oxidation sites excluding steroid dienone is 1. The fourth-order valence-corrected chi connectivity index (χ4v) is 8.32. The van der Waals surface area contributed by atoms with Gasteiger partial charge in [-0.3, -0.25) is 14.4 Å². The predicted octanol–water partition coefficient (Wildman–Crippen LogP) is 4.69. The lowest BCUT2D eigenvalue weighted by atomic mass is 9.44. The third-order valence-corrected chi connectivity index (χ3v) is 9.95. The van der Waals surface area contributed by atoms with E-state index in [0.717, 1.165) is 32.1 Å². The lowest BCUT2D eigenvalue weighted by Crippen LogP contribution is -2.59. The van der Waals surface area contributed by atoms with Crippen molar-refractivity contribution in [3.8, 4) is 0 Å². The van der Waals surface area contributed by atoms with Crippen LogP contribution in [0.25, 0.3) is 0 Å². The first-order chi connectivity index (χ1) is 16.4. The van der Waals surface area contributed by atoms with E-state index in [1.807, 2.05) is 6.08 Å². The van der Waals surface area contributed by atoms with Crippen molar-refractivity contribution in [2.24, 2.45) is 39.5 Å². The second-order valence-electron chi connectivity index (χ2n) is 11.6. The minimum Gasteiger partial charge on any atom is -0.477 e. The summed E-state index contributed by atoms with van der Waals surface area (Å²) in [5.41, 5.74) is 0.356. The summed E-state index contributed by atoms with van der Waals surface area (Å²) in [5, 5.41) is 8.05. The van der Waals surface area contributed by atoms with Crippen LogP contribution in [0.3, 0.4) is 0 Å². The van der Waals surface area contributed by atoms with Gasteiger partial charge in [-0.05, 0) is 86.7 Å². The monoisotopic (exact) mass is 483 g/mol. The molecule has 1 N–H and O–H groups in total. The van der Waals surface area contributed by atoms with Gasteiger partial charge in [0.2, 0.25) is 0 Å². The highest BCUT2D eigenvalue weighted by Crippen LogP contribution is 2.69. The van der Waals surface area contributed by atoms with Crippen LogP contribution in [0, 0.1) is 34.5 Å². The SMILES string of the molecule is CC(=O)O[C@]1(C(C)=O)CC[C@H]2[C@@H]3C[C@H](C)C4=CC(=O)CC[C@]4(C)[C@H]3CC[C@@]21C.O=C(O)C1=NC=C1. The molecule has 0 unspecified atom stereocenters. The molecule has 0 aromatic carbocycles. The summed E-state index contributed by atoms with van der Waals surface area (Å²) in [7, 11) is 0. The van der Waals surface area contributed by atoms with Crippen molar-refractivity contribution in [1.82, 2.24) is 0 Å². The number of esters is 1. The van der Waals surface area contributed by atoms with Gasteiger partial charge < -0.3 is 9.84 Å². The van der Waals surface area contributed by atoms with Crippen LogP contribution in [0.2, 0.25) is 0 Å². The number of ether oxygens (including phenoxy) is 1. The summed E-state index contributed by atoms with van der Waals surface area (Å²) < 4.78 is 5.84. The molecule has 35 heavy (non-hydrogen) atoms. The molecule has 0 aromatic rings. The van der Waals surface area contributed by atoms with Crippen LogP contribution >= 0.6 is 0 Å². The van der Waals surface area contributed by atoms with Gasteiger partial charge in [-0.1, -0.05) is 26.3 Å². The normalized spacial score (nSPS) is 41.0. The molecule has 5 aliphatic rings. The number of rotatable bonds is 3. The maximum absolute atomic E-state index is 12.8. The van der Waals surface area contributed by atoms with Crippen LogP contribution in [0.15, 0.2) is 28.9 Å². The lowest BCUT2D eigenvalue weighted by Gasteiger charge is -2.60. The molecule has 1 heterocycles. The Labute approximate surface area is 207 Å². The first kappa shape index (κ1) is 25.5. The largest absolute Gasteiger partial charge is 0.477 e. The molecule has 0 amide bonds. The molecule has 0 radical (unpaired) electrons. The fraction of sp³-hybridized carbons (Fsp3) is 0.679. The maximum Gasteiger partial charge on any atom is 0.354 e. The van der Waals surface area contributed by atoms with Gasteiger partial charge in [0.25, 0.3) is 0 Å². The number of ketones is 2. The molecule has 190 valence electrons. The van der Waals surface area contributed by atoms with Gasteiger partial charge in [0.05, 0.1) is 0 Å². The summed E-state index contributed by atoms with van der Waals surface area (Å²) in [5.74, 6) is 0.866. The van der Waals surface area contributed by atoms with Crippen LogP contribution in [0.1, 0.15) is 79.6 Å². The van der Waals surface area contributed by atoms with Gasteiger partial charge >= 0.3 is 11.9 Å². The number of hydrogen-bond acceptors (Lipinski definition) is 6. The number of carbonyl (C=O) groups is 4. The topological polar surface area (TPSA) is 110 Å². The Balaban J connectivity index is 0.000000356. The number of hydrogen-bond donors (Lipinski definition) is 1. The predicted molar refractivity (Wildman–Crippen MR) is 131 cm³/mol. The van der Waals surface area contributed by atoms with Crippen molar-refractivity contribution in [3.63, 3.8) is 0 Å². The Hall–Kier alpha value is -2.57. The maximum atomic E-state index is 12.8. The summed E-state index contributed by atoms with van der Waals surface area (Å²) in [6, 6.07) is 0. The van der Waals surface area contributed by atoms with Gasteiger partial charge in [0, 0.05) is 25.0 Å². The Bertz CT molecular complexity index is 1060. The molecular formula is C28H37NO6. The molecule has 5 rings (SSSR count). The zero-order chi connectivity index (χ0) is 25.8. The minimum atomic E-state index is -0.961. The number of carboxylic acid groups (broad SMARTS) is 1. The lowest BCUT2D eigenvalue weighted by molar-refractivity contribution is -0.187. The Morgan fingerprint density at radius 3 is 2.26 bits per heavy atom. The number of carboxylic acids is 1. The van der Waals surface area contributed by atoms with Crippen molar-refractivity contribution in [1.29, 1.82) is 0 Å². The molecule has 1 aliphatic heterocycles. The standard InChI is InChI=1S/C24H34O4.C4H3NO2/c1-14-12-18-19(22(4)9-6-17(27)13-21(14)22)7-10-23(5)20(18)8-11-24(23,15(2)25)28-16(3)26;6-4(7)3-1-2-5-3/h13-14,18-20H,6-12H2,1-5H3;1-2H,(H,6,7)/t14-,18+,19-,20-,22+,23-,24-;/m0./s1. The van der Waals surface area contributed by atoms with Crippen molar-refractivity contribution in [2.45, 2.75) is 85.2 Å². The first-order valence-corrected chi connectivity index (χ1v) is 12.8. The van der Waals surface area contributed by atoms with Crippen molar-refractivity contribution < 1.29 is 29.0 Å². The molecule has 0 bridgehead atoms. The number of fused-ring (bicyclic) bond motifs is 5. The smallest absolute Gasteiger partial charge is 0.354 e. The van der Waals surface area contributed by atoms with Gasteiger partial charge in [-0.15, -0.1) is 0 Å². The summed E-state index contributed by atoms with van der Waals surface area (Å²) in [6.45, 7) is 9.87. The van der Waals surface area contributed by atoms with Crippen LogP contribution in [0.4, 0.5) is 0 Å². The summed E-state index contributed by atoms with van der Waals surface area (Å²) in [4.78, 5) is 50.0. The van der Waals surface area contributed by atoms with Gasteiger partial charge in [-0.25, -0.2) is 9.79 Å². The molecule has 7 atom stereocenters. The average Bonchev–Trinajstić information content (AvgIpc) is 3.01.